The minimum Gasteiger partial charge on any atom is -0.356 e. The molecule has 1 saturated heterocycles. The Morgan fingerprint density at radius 3 is 2.13 bits per heavy atom. The zero-order valence-corrected chi connectivity index (χ0v) is 21.2. The number of piperidine rings is 1. The summed E-state index contributed by atoms with van der Waals surface area (Å²) in [5.74, 6) is 0.564. The number of nitrogens with zero attached hydrogens (tertiary/aromatic N) is 2. The molecule has 178 valence electrons. The van der Waals surface area contributed by atoms with E-state index in [2.05, 4.69) is 41.6 Å². The largest absolute Gasteiger partial charge is 0.511 e. The van der Waals surface area contributed by atoms with Crippen LogP contribution in [-0.2, 0) is 15.4 Å². The molecule has 1 aliphatic rings. The van der Waals surface area contributed by atoms with E-state index in [1.807, 2.05) is 18.2 Å². The van der Waals surface area contributed by atoms with Gasteiger partial charge < -0.3 is 10.6 Å². The van der Waals surface area contributed by atoms with Gasteiger partial charge in [-0.2, -0.15) is 17.5 Å². The second-order valence-corrected chi connectivity index (χ2v) is 9.48. The molecule has 0 spiro atoms. The number of aliphatic imine (C=N–C) groups is 1. The molecule has 0 bridgehead atoms. The Morgan fingerprint density at radius 2 is 1.68 bits per heavy atom. The smallest absolute Gasteiger partial charge is 0.356 e. The Kier molecular flexibility index (Phi) is 10.5. The Morgan fingerprint density at radius 1 is 1.13 bits per heavy atom. The summed E-state index contributed by atoms with van der Waals surface area (Å²) in [4.78, 5) is 4.24. The van der Waals surface area contributed by atoms with Crippen LogP contribution >= 0.6 is 24.0 Å². The van der Waals surface area contributed by atoms with Gasteiger partial charge in [0.15, 0.2) is 5.96 Å². The molecule has 0 radical (unpaired) electrons. The third-order valence-corrected chi connectivity index (χ3v) is 7.61. The van der Waals surface area contributed by atoms with E-state index in [0.29, 0.717) is 16.8 Å². The van der Waals surface area contributed by atoms with Crippen LogP contribution in [0.3, 0.4) is 0 Å². The molecular formula is C20H32F3IN4O2S. The molecule has 0 atom stereocenters. The van der Waals surface area contributed by atoms with E-state index < -0.39 is 15.5 Å². The maximum absolute atomic E-state index is 12.7. The Balaban J connectivity index is 0.00000480. The van der Waals surface area contributed by atoms with Gasteiger partial charge in [0, 0.05) is 38.1 Å². The summed E-state index contributed by atoms with van der Waals surface area (Å²) in [5, 5.41) is 6.58. The molecule has 2 rings (SSSR count). The highest BCUT2D eigenvalue weighted by Gasteiger charge is 2.50. The zero-order valence-electron chi connectivity index (χ0n) is 18.1. The van der Waals surface area contributed by atoms with Crippen molar-refractivity contribution in [1.82, 2.24) is 14.9 Å². The average molecular weight is 576 g/mol. The number of hydrogen-bond donors (Lipinski definition) is 2. The molecule has 1 aromatic carbocycles. The van der Waals surface area contributed by atoms with Gasteiger partial charge in [0.25, 0.3) is 0 Å². The van der Waals surface area contributed by atoms with Gasteiger partial charge in [-0.25, -0.2) is 8.42 Å². The van der Waals surface area contributed by atoms with Crippen molar-refractivity contribution in [2.24, 2.45) is 4.99 Å². The molecule has 1 aliphatic heterocycles. The lowest BCUT2D eigenvalue weighted by Crippen LogP contribution is -2.53. The van der Waals surface area contributed by atoms with E-state index in [4.69, 9.17) is 0 Å². The van der Waals surface area contributed by atoms with E-state index in [1.54, 1.807) is 7.05 Å². The van der Waals surface area contributed by atoms with Gasteiger partial charge in [0.2, 0.25) is 0 Å². The van der Waals surface area contributed by atoms with Gasteiger partial charge in [-0.1, -0.05) is 44.2 Å². The quantitative estimate of drug-likeness (QED) is 0.294. The summed E-state index contributed by atoms with van der Waals surface area (Å²) in [5.41, 5.74) is -4.08. The number of sulfonamides is 1. The van der Waals surface area contributed by atoms with Crippen LogP contribution in [0, 0.1) is 0 Å². The Labute approximate surface area is 200 Å². The SMILES string of the molecule is CCC(CC)(CNC(=NC)NC1CCN(S(=O)(=O)C(F)(F)F)CC1)c1ccccc1.I. The fourth-order valence-corrected chi connectivity index (χ4v) is 4.81. The van der Waals surface area contributed by atoms with Crippen molar-refractivity contribution in [2.45, 2.75) is 56.5 Å². The van der Waals surface area contributed by atoms with Crippen molar-refractivity contribution in [1.29, 1.82) is 0 Å². The highest BCUT2D eigenvalue weighted by atomic mass is 127. The maximum atomic E-state index is 12.7. The number of nitrogens with one attached hydrogen (secondary N) is 2. The van der Waals surface area contributed by atoms with Crippen molar-refractivity contribution >= 4 is 40.0 Å². The Bertz CT molecular complexity index is 807. The fraction of sp³-hybridized carbons (Fsp3) is 0.650. The molecule has 0 unspecified atom stereocenters. The number of rotatable bonds is 7. The highest BCUT2D eigenvalue weighted by Crippen LogP contribution is 2.31. The number of hydrogen-bond acceptors (Lipinski definition) is 3. The molecule has 0 aromatic heterocycles. The highest BCUT2D eigenvalue weighted by molar-refractivity contribution is 14.0. The lowest BCUT2D eigenvalue weighted by Gasteiger charge is -2.35. The topological polar surface area (TPSA) is 73.8 Å². The van der Waals surface area contributed by atoms with Gasteiger partial charge in [-0.15, -0.1) is 24.0 Å². The minimum atomic E-state index is -5.26. The summed E-state index contributed by atoms with van der Waals surface area (Å²) < 4.78 is 61.8. The first-order valence-electron chi connectivity index (χ1n) is 10.2. The minimum absolute atomic E-state index is 0. The third kappa shape index (κ3) is 6.70. The van der Waals surface area contributed by atoms with E-state index in [9.17, 15) is 21.6 Å². The van der Waals surface area contributed by atoms with Gasteiger partial charge in [0.05, 0.1) is 0 Å². The van der Waals surface area contributed by atoms with Crippen LogP contribution in [0.25, 0.3) is 0 Å². The van der Waals surface area contributed by atoms with E-state index in [1.165, 1.54) is 5.56 Å². The summed E-state index contributed by atoms with van der Waals surface area (Å²) in [7, 11) is -3.62. The normalized spacial score (nSPS) is 17.2. The van der Waals surface area contributed by atoms with Gasteiger partial charge >= 0.3 is 15.5 Å². The summed E-state index contributed by atoms with van der Waals surface area (Å²) in [6.07, 6.45) is 2.43. The van der Waals surface area contributed by atoms with Crippen molar-refractivity contribution < 1.29 is 21.6 Å². The molecule has 31 heavy (non-hydrogen) atoms. The zero-order chi connectivity index (χ0) is 22.4. The van der Waals surface area contributed by atoms with E-state index in [0.717, 1.165) is 12.8 Å². The van der Waals surface area contributed by atoms with Gasteiger partial charge in [0.1, 0.15) is 0 Å². The summed E-state index contributed by atoms with van der Waals surface area (Å²) >= 11 is 0. The Hall–Kier alpha value is -1.08. The standard InChI is InChI=1S/C20H31F3N4O2S.HI/c1-4-19(5-2,16-9-7-6-8-10-16)15-25-18(24-3)26-17-11-13-27(14-12-17)30(28,29)20(21,22)23;/h6-10,17H,4-5,11-15H2,1-3H3,(H2,24,25,26);1H. The van der Waals surface area contributed by atoms with Crippen molar-refractivity contribution in [2.75, 3.05) is 26.7 Å². The summed E-state index contributed by atoms with van der Waals surface area (Å²) in [6.45, 7) is 4.60. The number of benzene rings is 1. The molecule has 0 saturated carbocycles. The average Bonchev–Trinajstić information content (AvgIpc) is 2.74. The first-order valence-corrected chi connectivity index (χ1v) is 11.6. The van der Waals surface area contributed by atoms with Crippen LogP contribution in [0.5, 0.6) is 0 Å². The number of alkyl halides is 3. The lowest BCUT2D eigenvalue weighted by atomic mass is 9.76. The van der Waals surface area contributed by atoms with E-state index in [-0.39, 0.29) is 61.4 Å². The van der Waals surface area contributed by atoms with Crippen LogP contribution in [0.1, 0.15) is 45.1 Å². The van der Waals surface area contributed by atoms with Crippen molar-refractivity contribution in [3.05, 3.63) is 35.9 Å². The van der Waals surface area contributed by atoms with Crippen molar-refractivity contribution in [3.8, 4) is 0 Å². The molecule has 1 fully saturated rings. The number of halogens is 4. The monoisotopic (exact) mass is 576 g/mol. The second-order valence-electron chi connectivity index (χ2n) is 7.55. The molecule has 1 heterocycles. The predicted molar refractivity (Wildman–Crippen MR) is 128 cm³/mol. The molecule has 6 nitrogen and oxygen atoms in total. The van der Waals surface area contributed by atoms with Crippen LogP contribution in [0.2, 0.25) is 0 Å². The summed E-state index contributed by atoms with van der Waals surface area (Å²) in [6, 6.07) is 10.1. The molecule has 11 heteroatoms. The second kappa shape index (κ2) is 11.7. The van der Waals surface area contributed by atoms with Crippen LogP contribution < -0.4 is 10.6 Å². The maximum Gasteiger partial charge on any atom is 0.511 e. The predicted octanol–water partition coefficient (Wildman–Crippen LogP) is 3.84. The van der Waals surface area contributed by atoms with Crippen LogP contribution in [0.4, 0.5) is 13.2 Å². The molecule has 0 amide bonds. The first-order chi connectivity index (χ1) is 14.1. The molecule has 2 N–H and O–H groups in total. The van der Waals surface area contributed by atoms with E-state index >= 15 is 0 Å². The lowest BCUT2D eigenvalue weighted by molar-refractivity contribution is -0.0494. The first kappa shape index (κ1) is 28.0. The van der Waals surface area contributed by atoms with Crippen LogP contribution in [0.15, 0.2) is 35.3 Å². The van der Waals surface area contributed by atoms with Crippen molar-refractivity contribution in [3.63, 3.8) is 0 Å². The molecular weight excluding hydrogens is 544 g/mol. The van der Waals surface area contributed by atoms with Gasteiger partial charge in [-0.3, -0.25) is 4.99 Å². The van der Waals surface area contributed by atoms with Crippen LogP contribution in [-0.4, -0.2) is 56.9 Å². The van der Waals surface area contributed by atoms with Gasteiger partial charge in [-0.05, 0) is 31.2 Å². The molecule has 0 aliphatic carbocycles. The third-order valence-electron chi connectivity index (χ3n) is 5.98. The number of guanidine groups is 1. The molecule has 1 aromatic rings. The fourth-order valence-electron chi connectivity index (χ4n) is 3.83.